The molecule has 0 radical (unpaired) electrons. The molecule has 1 aliphatic carbocycles. The van der Waals surface area contributed by atoms with Gasteiger partial charge in [0.2, 0.25) is 0 Å². The minimum absolute atomic E-state index is 1.11. The van der Waals surface area contributed by atoms with E-state index in [0.717, 1.165) is 12.8 Å². The summed E-state index contributed by atoms with van der Waals surface area (Å²) < 4.78 is 0. The lowest BCUT2D eigenvalue weighted by molar-refractivity contribution is 0.868. The Hall–Kier alpha value is -2.86. The van der Waals surface area contributed by atoms with Crippen LogP contribution in [0.3, 0.4) is 0 Å². The zero-order valence-electron chi connectivity index (χ0n) is 14.8. The fourth-order valence-electron chi connectivity index (χ4n) is 1.86. The molecule has 0 aromatic heterocycles. The summed E-state index contributed by atoms with van der Waals surface area (Å²) in [5, 5.41) is 0. The summed E-state index contributed by atoms with van der Waals surface area (Å²) >= 11 is 0. The minimum atomic E-state index is 1.11. The van der Waals surface area contributed by atoms with Crippen molar-refractivity contribution >= 4 is 0 Å². The van der Waals surface area contributed by atoms with E-state index in [-0.39, 0.29) is 0 Å². The van der Waals surface area contributed by atoms with Crippen molar-refractivity contribution in [3.8, 4) is 0 Å². The van der Waals surface area contributed by atoms with Gasteiger partial charge in [0, 0.05) is 0 Å². The molecule has 0 bridgehead atoms. The van der Waals surface area contributed by atoms with Crippen molar-refractivity contribution in [3.05, 3.63) is 134 Å². The van der Waals surface area contributed by atoms with E-state index in [1.807, 2.05) is 97.2 Å². The van der Waals surface area contributed by atoms with Gasteiger partial charge in [-0.05, 0) is 19.3 Å². The van der Waals surface area contributed by atoms with Crippen LogP contribution in [-0.4, -0.2) is 0 Å². The lowest BCUT2D eigenvalue weighted by Gasteiger charge is -1.88. The molecule has 25 heavy (non-hydrogen) atoms. The average Bonchev–Trinajstić information content (AvgIpc) is 2.62. The van der Waals surface area contributed by atoms with Crippen LogP contribution >= 0.6 is 0 Å². The van der Waals surface area contributed by atoms with Crippen LogP contribution in [0.1, 0.15) is 19.3 Å². The average molecular weight is 328 g/mol. The first-order valence-electron chi connectivity index (χ1n) is 8.82. The molecule has 0 heteroatoms. The van der Waals surface area contributed by atoms with Crippen molar-refractivity contribution in [3.63, 3.8) is 0 Å². The molecular formula is C25H28. The van der Waals surface area contributed by atoms with Gasteiger partial charge in [-0.1, -0.05) is 134 Å². The standard InChI is InChI=1S/C25H28/c1-2-4-6-8-10-12-14-16-18-20-22-24-25-23-21-19-17-15-13-11-9-7-5-3-1/h1-22H,23-25H2/b2-1-,5-3-,6-4-,9-7-,10-8-,13-11-,14-12-,17-15-,18-16-,21-19-,22-20?. The number of hydrogen-bond acceptors (Lipinski definition) is 0. The van der Waals surface area contributed by atoms with E-state index >= 15 is 0 Å². The van der Waals surface area contributed by atoms with Gasteiger partial charge in [0.25, 0.3) is 0 Å². The minimum Gasteiger partial charge on any atom is -0.0845 e. The topological polar surface area (TPSA) is 0 Å². The summed E-state index contributed by atoms with van der Waals surface area (Å²) in [6.45, 7) is 0. The fraction of sp³-hybridized carbons (Fsp3) is 0.120. The first-order valence-corrected chi connectivity index (χ1v) is 8.82. The van der Waals surface area contributed by atoms with Crippen LogP contribution in [0.25, 0.3) is 0 Å². The normalized spacial score (nSPS) is 29.8. The van der Waals surface area contributed by atoms with Crippen LogP contribution in [0.4, 0.5) is 0 Å². The summed E-state index contributed by atoms with van der Waals surface area (Å²) in [5.74, 6) is 0. The van der Waals surface area contributed by atoms with Crippen molar-refractivity contribution in [2.24, 2.45) is 0 Å². The van der Waals surface area contributed by atoms with E-state index in [9.17, 15) is 0 Å². The van der Waals surface area contributed by atoms with E-state index in [1.165, 1.54) is 6.42 Å². The van der Waals surface area contributed by atoms with E-state index < -0.39 is 0 Å². The van der Waals surface area contributed by atoms with Crippen molar-refractivity contribution < 1.29 is 0 Å². The highest BCUT2D eigenvalue weighted by Crippen LogP contribution is 1.98. The zero-order chi connectivity index (χ0) is 17.7. The summed E-state index contributed by atoms with van der Waals surface area (Å²) in [5.41, 5.74) is 0. The van der Waals surface area contributed by atoms with Crippen LogP contribution < -0.4 is 0 Å². The molecule has 1 aliphatic rings. The molecule has 0 unspecified atom stereocenters. The summed E-state index contributed by atoms with van der Waals surface area (Å²) in [6.07, 6.45) is 48.5. The van der Waals surface area contributed by atoms with Gasteiger partial charge in [-0.3, -0.25) is 0 Å². The Kier molecular flexibility index (Phi) is 14.1. The molecule has 0 spiro atoms. The second-order valence-corrected chi connectivity index (χ2v) is 5.25. The smallest absolute Gasteiger partial charge is 0.0345 e. The molecule has 1 rings (SSSR count). The molecule has 0 aromatic rings. The lowest BCUT2D eigenvalue weighted by Crippen LogP contribution is -1.68. The first-order chi connectivity index (χ1) is 12.5. The Balaban J connectivity index is 2.57. The zero-order valence-corrected chi connectivity index (χ0v) is 14.8. The third kappa shape index (κ3) is 15.8. The van der Waals surface area contributed by atoms with E-state index in [4.69, 9.17) is 0 Å². The number of hydrogen-bond donors (Lipinski definition) is 0. The van der Waals surface area contributed by atoms with Crippen molar-refractivity contribution in [1.82, 2.24) is 0 Å². The van der Waals surface area contributed by atoms with Gasteiger partial charge in [-0.15, -0.1) is 0 Å². The van der Waals surface area contributed by atoms with Crippen LogP contribution in [0.2, 0.25) is 0 Å². The van der Waals surface area contributed by atoms with Gasteiger partial charge >= 0.3 is 0 Å². The van der Waals surface area contributed by atoms with Crippen molar-refractivity contribution in [2.75, 3.05) is 0 Å². The quantitative estimate of drug-likeness (QED) is 0.438. The SMILES string of the molecule is C1=CCCC\C=C/C=C\C=C/C=C\C=C/C=C\C=C/C=C\C=C/C=C\1. The molecule has 0 fully saturated rings. The Morgan fingerprint density at radius 1 is 0.240 bits per heavy atom. The summed E-state index contributed by atoms with van der Waals surface area (Å²) in [7, 11) is 0. The van der Waals surface area contributed by atoms with Gasteiger partial charge in [-0.25, -0.2) is 0 Å². The molecule has 0 N–H and O–H groups in total. The van der Waals surface area contributed by atoms with E-state index in [2.05, 4.69) is 36.5 Å². The van der Waals surface area contributed by atoms with Gasteiger partial charge in [0.15, 0.2) is 0 Å². The first kappa shape index (κ1) is 20.2. The van der Waals surface area contributed by atoms with Crippen LogP contribution in [0.15, 0.2) is 134 Å². The Morgan fingerprint density at radius 2 is 0.440 bits per heavy atom. The molecule has 0 heterocycles. The van der Waals surface area contributed by atoms with Crippen LogP contribution in [0.5, 0.6) is 0 Å². The molecule has 0 saturated carbocycles. The van der Waals surface area contributed by atoms with Gasteiger partial charge in [0.05, 0.1) is 0 Å². The van der Waals surface area contributed by atoms with E-state index in [1.54, 1.807) is 0 Å². The molecule has 0 aromatic carbocycles. The monoisotopic (exact) mass is 328 g/mol. The highest BCUT2D eigenvalue weighted by molar-refractivity contribution is 5.22. The maximum atomic E-state index is 2.21. The van der Waals surface area contributed by atoms with Crippen LogP contribution in [0, 0.1) is 0 Å². The molecule has 0 amide bonds. The Labute approximate surface area is 153 Å². The highest BCUT2D eigenvalue weighted by atomic mass is 13.8. The van der Waals surface area contributed by atoms with Crippen molar-refractivity contribution in [2.45, 2.75) is 19.3 Å². The molecule has 0 saturated heterocycles. The molecular weight excluding hydrogens is 300 g/mol. The second-order valence-electron chi connectivity index (χ2n) is 5.25. The second kappa shape index (κ2) is 17.5. The largest absolute Gasteiger partial charge is 0.0845 e. The Bertz CT molecular complexity index is 580. The lowest BCUT2D eigenvalue weighted by atomic mass is 10.2. The molecule has 128 valence electrons. The number of rotatable bonds is 0. The third-order valence-electron chi connectivity index (χ3n) is 3.12. The van der Waals surface area contributed by atoms with E-state index in [0.29, 0.717) is 0 Å². The van der Waals surface area contributed by atoms with Gasteiger partial charge in [-0.2, -0.15) is 0 Å². The van der Waals surface area contributed by atoms with Crippen LogP contribution in [-0.2, 0) is 0 Å². The highest BCUT2D eigenvalue weighted by Gasteiger charge is 1.78. The third-order valence-corrected chi connectivity index (χ3v) is 3.12. The van der Waals surface area contributed by atoms with Gasteiger partial charge in [0.1, 0.15) is 0 Å². The molecule has 0 nitrogen and oxygen atoms in total. The predicted octanol–water partition coefficient (Wildman–Crippen LogP) is 7.29. The number of allylic oxidation sites excluding steroid dienone is 22. The fourth-order valence-corrected chi connectivity index (χ4v) is 1.86. The Morgan fingerprint density at radius 3 is 0.680 bits per heavy atom. The molecule has 0 atom stereocenters. The maximum Gasteiger partial charge on any atom is -0.0345 e. The predicted molar refractivity (Wildman–Crippen MR) is 114 cm³/mol. The van der Waals surface area contributed by atoms with Gasteiger partial charge < -0.3 is 0 Å². The molecule has 0 aliphatic heterocycles. The summed E-state index contributed by atoms with van der Waals surface area (Å²) in [6, 6.07) is 0. The summed E-state index contributed by atoms with van der Waals surface area (Å²) in [4.78, 5) is 0. The van der Waals surface area contributed by atoms with Crippen molar-refractivity contribution in [1.29, 1.82) is 0 Å². The maximum absolute atomic E-state index is 2.21.